The Labute approximate surface area is 92.9 Å². The summed E-state index contributed by atoms with van der Waals surface area (Å²) >= 11 is 1.64. The second-order valence-electron chi connectivity index (χ2n) is 3.53. The standard InChI is InChI=1S/C11H13NO2S/c13-11(14)10-9(6-7-12-10)15-8-4-2-1-3-5-8/h1-5,9-10,12H,6-7H2,(H,13,14)/t9?,10-/m0/s1. The third-order valence-electron chi connectivity index (χ3n) is 2.46. The molecule has 2 N–H and O–H groups in total. The molecule has 0 aliphatic carbocycles. The number of thioether (sulfide) groups is 1. The molecule has 1 aliphatic rings. The van der Waals surface area contributed by atoms with Crippen molar-refractivity contribution in [2.24, 2.45) is 0 Å². The summed E-state index contributed by atoms with van der Waals surface area (Å²) < 4.78 is 0. The van der Waals surface area contributed by atoms with Crippen molar-refractivity contribution in [1.29, 1.82) is 0 Å². The third kappa shape index (κ3) is 2.52. The first-order chi connectivity index (χ1) is 7.27. The van der Waals surface area contributed by atoms with E-state index in [1.54, 1.807) is 11.8 Å². The zero-order valence-electron chi connectivity index (χ0n) is 8.22. The van der Waals surface area contributed by atoms with Gasteiger partial charge in [-0.15, -0.1) is 11.8 Å². The van der Waals surface area contributed by atoms with E-state index >= 15 is 0 Å². The Bertz CT molecular complexity index is 342. The molecule has 2 rings (SSSR count). The van der Waals surface area contributed by atoms with Crippen molar-refractivity contribution in [2.75, 3.05) is 6.54 Å². The fourth-order valence-corrected chi connectivity index (χ4v) is 2.97. The molecule has 1 saturated heterocycles. The quantitative estimate of drug-likeness (QED) is 0.817. The minimum Gasteiger partial charge on any atom is -0.480 e. The molecule has 0 bridgehead atoms. The van der Waals surface area contributed by atoms with Crippen molar-refractivity contribution in [3.63, 3.8) is 0 Å². The number of carboxylic acid groups (broad SMARTS) is 1. The van der Waals surface area contributed by atoms with Gasteiger partial charge >= 0.3 is 5.97 Å². The fraction of sp³-hybridized carbons (Fsp3) is 0.364. The van der Waals surface area contributed by atoms with Gasteiger partial charge in [-0.05, 0) is 25.1 Å². The van der Waals surface area contributed by atoms with Crippen molar-refractivity contribution in [3.05, 3.63) is 30.3 Å². The van der Waals surface area contributed by atoms with E-state index in [0.717, 1.165) is 17.9 Å². The number of benzene rings is 1. The highest BCUT2D eigenvalue weighted by Crippen LogP contribution is 2.29. The maximum Gasteiger partial charge on any atom is 0.321 e. The number of carbonyl (C=O) groups is 1. The summed E-state index contributed by atoms with van der Waals surface area (Å²) in [6.45, 7) is 0.793. The maximum absolute atomic E-state index is 10.9. The molecule has 1 aliphatic heterocycles. The van der Waals surface area contributed by atoms with Gasteiger partial charge in [0.25, 0.3) is 0 Å². The maximum atomic E-state index is 10.9. The van der Waals surface area contributed by atoms with Crippen LogP contribution >= 0.6 is 11.8 Å². The first-order valence-electron chi connectivity index (χ1n) is 4.95. The van der Waals surface area contributed by atoms with Gasteiger partial charge in [-0.1, -0.05) is 18.2 Å². The fourth-order valence-electron chi connectivity index (χ4n) is 1.73. The molecule has 1 aromatic rings. The molecule has 15 heavy (non-hydrogen) atoms. The van der Waals surface area contributed by atoms with Gasteiger partial charge < -0.3 is 10.4 Å². The van der Waals surface area contributed by atoms with Gasteiger partial charge in [0.1, 0.15) is 6.04 Å². The van der Waals surface area contributed by atoms with Gasteiger partial charge in [-0.25, -0.2) is 0 Å². The van der Waals surface area contributed by atoms with E-state index in [0.29, 0.717) is 0 Å². The van der Waals surface area contributed by atoms with E-state index in [1.165, 1.54) is 0 Å². The summed E-state index contributed by atoms with van der Waals surface area (Å²) in [4.78, 5) is 12.1. The average Bonchev–Trinajstić information content (AvgIpc) is 2.67. The molecule has 0 saturated carbocycles. The van der Waals surface area contributed by atoms with Crippen LogP contribution in [0.4, 0.5) is 0 Å². The van der Waals surface area contributed by atoms with Crippen molar-refractivity contribution in [1.82, 2.24) is 5.32 Å². The largest absolute Gasteiger partial charge is 0.480 e. The number of aliphatic carboxylic acids is 1. The minimum atomic E-state index is -0.749. The van der Waals surface area contributed by atoms with E-state index in [1.807, 2.05) is 30.3 Å². The molecule has 0 radical (unpaired) electrons. The molecular weight excluding hydrogens is 210 g/mol. The molecule has 1 fully saturated rings. The molecule has 1 unspecified atom stereocenters. The van der Waals surface area contributed by atoms with E-state index in [4.69, 9.17) is 5.11 Å². The summed E-state index contributed by atoms with van der Waals surface area (Å²) in [5, 5.41) is 12.1. The van der Waals surface area contributed by atoms with Crippen molar-refractivity contribution >= 4 is 17.7 Å². The minimum absolute atomic E-state index is 0.143. The first-order valence-corrected chi connectivity index (χ1v) is 5.83. The molecule has 0 spiro atoms. The highest BCUT2D eigenvalue weighted by Gasteiger charge is 2.32. The number of nitrogens with one attached hydrogen (secondary N) is 1. The lowest BCUT2D eigenvalue weighted by atomic mass is 10.2. The summed E-state index contributed by atoms with van der Waals surface area (Å²) in [5.41, 5.74) is 0. The number of carboxylic acids is 1. The van der Waals surface area contributed by atoms with E-state index in [2.05, 4.69) is 5.32 Å². The molecule has 0 amide bonds. The smallest absolute Gasteiger partial charge is 0.321 e. The van der Waals surface area contributed by atoms with Crippen molar-refractivity contribution in [2.45, 2.75) is 22.6 Å². The lowest BCUT2D eigenvalue weighted by molar-refractivity contribution is -0.138. The van der Waals surface area contributed by atoms with Crippen LogP contribution in [0.1, 0.15) is 6.42 Å². The van der Waals surface area contributed by atoms with Crippen molar-refractivity contribution < 1.29 is 9.90 Å². The Balaban J connectivity index is 2.03. The van der Waals surface area contributed by atoms with Crippen LogP contribution in [0.2, 0.25) is 0 Å². The number of rotatable bonds is 3. The van der Waals surface area contributed by atoms with Crippen LogP contribution in [0.3, 0.4) is 0 Å². The monoisotopic (exact) mass is 223 g/mol. The SMILES string of the molecule is O=C(O)[C@H]1NCCC1Sc1ccccc1. The van der Waals surface area contributed by atoms with Gasteiger partial charge in [0.2, 0.25) is 0 Å². The Kier molecular flexibility index (Phi) is 3.28. The highest BCUT2D eigenvalue weighted by atomic mass is 32.2. The molecule has 1 heterocycles. The van der Waals surface area contributed by atoms with Gasteiger partial charge in [-0.2, -0.15) is 0 Å². The Hall–Kier alpha value is -1.00. The highest BCUT2D eigenvalue weighted by molar-refractivity contribution is 8.00. The second kappa shape index (κ2) is 4.68. The molecule has 1 aromatic carbocycles. The van der Waals surface area contributed by atoms with E-state index < -0.39 is 12.0 Å². The average molecular weight is 223 g/mol. The zero-order valence-corrected chi connectivity index (χ0v) is 9.04. The molecule has 3 nitrogen and oxygen atoms in total. The molecule has 2 atom stereocenters. The van der Waals surface area contributed by atoms with Crippen LogP contribution in [0.5, 0.6) is 0 Å². The van der Waals surface area contributed by atoms with Gasteiger partial charge in [0.05, 0.1) is 0 Å². The van der Waals surface area contributed by atoms with Crippen LogP contribution in [-0.4, -0.2) is 28.9 Å². The summed E-state index contributed by atoms with van der Waals surface area (Å²) in [5.74, 6) is -0.749. The third-order valence-corrected chi connectivity index (χ3v) is 3.82. The molecule has 80 valence electrons. The first kappa shape index (κ1) is 10.5. The summed E-state index contributed by atoms with van der Waals surface area (Å²) in [6.07, 6.45) is 0.913. The predicted octanol–water partition coefficient (Wildman–Crippen LogP) is 1.59. The normalized spacial score (nSPS) is 25.3. The Morgan fingerprint density at radius 1 is 1.40 bits per heavy atom. The Morgan fingerprint density at radius 3 is 2.80 bits per heavy atom. The van der Waals surface area contributed by atoms with Crippen LogP contribution in [0.25, 0.3) is 0 Å². The van der Waals surface area contributed by atoms with Crippen LogP contribution < -0.4 is 5.32 Å². The molecule has 0 aromatic heterocycles. The van der Waals surface area contributed by atoms with Crippen LogP contribution in [0.15, 0.2) is 35.2 Å². The van der Waals surface area contributed by atoms with Gasteiger partial charge in [0, 0.05) is 10.1 Å². The topological polar surface area (TPSA) is 49.3 Å². The predicted molar refractivity (Wildman–Crippen MR) is 60.1 cm³/mol. The lowest BCUT2D eigenvalue weighted by Gasteiger charge is -2.14. The summed E-state index contributed by atoms with van der Waals surface area (Å²) in [7, 11) is 0. The van der Waals surface area contributed by atoms with Crippen LogP contribution in [-0.2, 0) is 4.79 Å². The zero-order chi connectivity index (χ0) is 10.7. The number of hydrogen-bond acceptors (Lipinski definition) is 3. The lowest BCUT2D eigenvalue weighted by Crippen LogP contribution is -2.36. The van der Waals surface area contributed by atoms with Crippen LogP contribution in [0, 0.1) is 0 Å². The second-order valence-corrected chi connectivity index (χ2v) is 4.84. The number of hydrogen-bond donors (Lipinski definition) is 2. The van der Waals surface area contributed by atoms with Crippen molar-refractivity contribution in [3.8, 4) is 0 Å². The molecule has 4 heteroatoms. The Morgan fingerprint density at radius 2 is 2.13 bits per heavy atom. The summed E-state index contributed by atoms with van der Waals surface area (Å²) in [6, 6.07) is 9.53. The van der Waals surface area contributed by atoms with Gasteiger partial charge in [0.15, 0.2) is 0 Å². The van der Waals surface area contributed by atoms with E-state index in [-0.39, 0.29) is 5.25 Å². The van der Waals surface area contributed by atoms with E-state index in [9.17, 15) is 4.79 Å². The molecular formula is C11H13NO2S. The van der Waals surface area contributed by atoms with Gasteiger partial charge in [-0.3, -0.25) is 4.79 Å².